The minimum atomic E-state index is -0.144. The molecule has 0 aromatic heterocycles. The van der Waals surface area contributed by atoms with Crippen LogP contribution in [0.5, 0.6) is 0 Å². The summed E-state index contributed by atoms with van der Waals surface area (Å²) in [5.74, 6) is 0.386. The first-order valence-corrected chi connectivity index (χ1v) is 4.25. The predicted octanol–water partition coefficient (Wildman–Crippen LogP) is 0.843. The highest BCUT2D eigenvalue weighted by Crippen LogP contribution is 2.16. The number of carbonyl (C=O) groups is 1. The summed E-state index contributed by atoms with van der Waals surface area (Å²) < 4.78 is 5.14. The van der Waals surface area contributed by atoms with E-state index < -0.39 is 0 Å². The lowest BCUT2D eigenvalue weighted by molar-refractivity contribution is -0.122. The van der Waals surface area contributed by atoms with Gasteiger partial charge in [0, 0.05) is 18.4 Å². The van der Waals surface area contributed by atoms with Crippen molar-refractivity contribution in [2.45, 2.75) is 26.3 Å². The minimum Gasteiger partial charge on any atom is -0.490 e. The maximum absolute atomic E-state index is 11.5. The lowest BCUT2D eigenvalue weighted by Crippen LogP contribution is -2.31. The van der Waals surface area contributed by atoms with Crippen molar-refractivity contribution in [2.24, 2.45) is 11.7 Å². The van der Waals surface area contributed by atoms with Gasteiger partial charge in [-0.3, -0.25) is 4.79 Å². The number of hydrogen-bond donors (Lipinski definition) is 1. The molecule has 12 heavy (non-hydrogen) atoms. The van der Waals surface area contributed by atoms with Crippen LogP contribution in [0.3, 0.4) is 0 Å². The Morgan fingerprint density at radius 2 is 2.33 bits per heavy atom. The van der Waals surface area contributed by atoms with Crippen LogP contribution in [0.25, 0.3) is 0 Å². The molecule has 2 N–H and O–H groups in total. The minimum absolute atomic E-state index is 0.0301. The number of ketones is 1. The Labute approximate surface area is 72.6 Å². The molecule has 2 atom stereocenters. The molecule has 0 fully saturated rings. The Morgan fingerprint density at radius 3 is 2.75 bits per heavy atom. The first-order chi connectivity index (χ1) is 5.63. The third-order valence-corrected chi connectivity index (χ3v) is 2.15. The highest BCUT2D eigenvalue weighted by atomic mass is 16.5. The van der Waals surface area contributed by atoms with E-state index in [4.69, 9.17) is 10.5 Å². The maximum Gasteiger partial charge on any atom is 0.201 e. The van der Waals surface area contributed by atoms with Crippen LogP contribution in [-0.2, 0) is 9.53 Å². The summed E-state index contributed by atoms with van der Waals surface area (Å²) in [6.45, 7) is 4.29. The van der Waals surface area contributed by atoms with Crippen molar-refractivity contribution in [3.05, 3.63) is 11.8 Å². The van der Waals surface area contributed by atoms with Crippen LogP contribution in [0.4, 0.5) is 0 Å². The van der Waals surface area contributed by atoms with Gasteiger partial charge in [-0.1, -0.05) is 6.92 Å². The quantitative estimate of drug-likeness (QED) is 0.681. The van der Waals surface area contributed by atoms with E-state index in [1.165, 1.54) is 0 Å². The SMILES string of the molecule is CC(N)C(C)C(=O)C1=CCCO1. The van der Waals surface area contributed by atoms with Gasteiger partial charge in [0.2, 0.25) is 5.78 Å². The fraction of sp³-hybridized carbons (Fsp3) is 0.667. The van der Waals surface area contributed by atoms with Gasteiger partial charge < -0.3 is 10.5 Å². The smallest absolute Gasteiger partial charge is 0.201 e. The van der Waals surface area contributed by atoms with Crippen molar-refractivity contribution >= 4 is 5.78 Å². The second kappa shape index (κ2) is 3.72. The highest BCUT2D eigenvalue weighted by Gasteiger charge is 2.23. The summed E-state index contributed by atoms with van der Waals surface area (Å²) in [5.41, 5.74) is 5.60. The average molecular weight is 169 g/mol. The molecule has 0 bridgehead atoms. The molecule has 0 saturated carbocycles. The number of hydrogen-bond acceptors (Lipinski definition) is 3. The topological polar surface area (TPSA) is 52.3 Å². The van der Waals surface area contributed by atoms with Crippen molar-refractivity contribution in [2.75, 3.05) is 6.61 Å². The number of nitrogens with two attached hydrogens (primary N) is 1. The van der Waals surface area contributed by atoms with E-state index in [1.807, 2.05) is 19.9 Å². The second-order valence-electron chi connectivity index (χ2n) is 3.22. The molecule has 1 aliphatic rings. The fourth-order valence-electron chi connectivity index (χ4n) is 1.05. The first kappa shape index (κ1) is 9.26. The number of rotatable bonds is 3. The summed E-state index contributed by atoms with van der Waals surface area (Å²) in [4.78, 5) is 11.5. The van der Waals surface area contributed by atoms with E-state index in [0.717, 1.165) is 6.42 Å². The van der Waals surface area contributed by atoms with E-state index in [-0.39, 0.29) is 17.7 Å². The summed E-state index contributed by atoms with van der Waals surface area (Å²) in [6, 6.07) is -0.109. The molecule has 0 aromatic carbocycles. The molecule has 2 unspecified atom stereocenters. The van der Waals surface area contributed by atoms with E-state index >= 15 is 0 Å². The Hall–Kier alpha value is -0.830. The van der Waals surface area contributed by atoms with Crippen molar-refractivity contribution in [3.63, 3.8) is 0 Å². The second-order valence-corrected chi connectivity index (χ2v) is 3.22. The molecule has 1 rings (SSSR count). The largest absolute Gasteiger partial charge is 0.490 e. The van der Waals surface area contributed by atoms with Gasteiger partial charge in [0.25, 0.3) is 0 Å². The van der Waals surface area contributed by atoms with Crippen LogP contribution < -0.4 is 5.73 Å². The summed E-state index contributed by atoms with van der Waals surface area (Å²) >= 11 is 0. The van der Waals surface area contributed by atoms with Crippen LogP contribution in [-0.4, -0.2) is 18.4 Å². The zero-order valence-corrected chi connectivity index (χ0v) is 7.54. The maximum atomic E-state index is 11.5. The third-order valence-electron chi connectivity index (χ3n) is 2.15. The Kier molecular flexibility index (Phi) is 2.87. The molecule has 0 saturated heterocycles. The van der Waals surface area contributed by atoms with Crippen LogP contribution in [0.1, 0.15) is 20.3 Å². The number of Topliss-reactive ketones (excluding diaryl/α,β-unsaturated/α-hetero) is 1. The van der Waals surface area contributed by atoms with E-state index in [9.17, 15) is 4.79 Å². The summed E-state index contributed by atoms with van der Waals surface area (Å²) in [7, 11) is 0. The fourth-order valence-corrected chi connectivity index (χ4v) is 1.05. The molecule has 0 radical (unpaired) electrons. The predicted molar refractivity (Wildman–Crippen MR) is 46.5 cm³/mol. The molecule has 0 spiro atoms. The molecule has 1 aliphatic heterocycles. The molecular formula is C9H15NO2. The van der Waals surface area contributed by atoms with Gasteiger partial charge in [-0.25, -0.2) is 0 Å². The Bertz CT molecular complexity index is 209. The van der Waals surface area contributed by atoms with Gasteiger partial charge in [-0.15, -0.1) is 0 Å². The highest BCUT2D eigenvalue weighted by molar-refractivity contribution is 5.95. The van der Waals surface area contributed by atoms with Crippen LogP contribution in [0.2, 0.25) is 0 Å². The van der Waals surface area contributed by atoms with Crippen LogP contribution in [0, 0.1) is 5.92 Å². The molecule has 0 amide bonds. The molecule has 0 aromatic rings. The zero-order valence-electron chi connectivity index (χ0n) is 7.54. The van der Waals surface area contributed by atoms with Crippen molar-refractivity contribution < 1.29 is 9.53 Å². The lowest BCUT2D eigenvalue weighted by Gasteiger charge is -2.14. The Morgan fingerprint density at radius 1 is 1.67 bits per heavy atom. The van der Waals surface area contributed by atoms with Crippen LogP contribution >= 0.6 is 0 Å². The van der Waals surface area contributed by atoms with Gasteiger partial charge in [0.15, 0.2) is 5.76 Å². The number of allylic oxidation sites excluding steroid dienone is 1. The van der Waals surface area contributed by atoms with E-state index in [0.29, 0.717) is 12.4 Å². The zero-order chi connectivity index (χ0) is 9.14. The number of carbonyl (C=O) groups excluding carboxylic acids is 1. The van der Waals surface area contributed by atoms with Gasteiger partial charge in [-0.05, 0) is 13.0 Å². The molecule has 0 aliphatic carbocycles. The normalized spacial score (nSPS) is 21.1. The molecule has 68 valence electrons. The van der Waals surface area contributed by atoms with Gasteiger partial charge in [0.05, 0.1) is 6.61 Å². The van der Waals surface area contributed by atoms with E-state index in [1.54, 1.807) is 0 Å². The molecule has 3 heteroatoms. The molecule has 1 heterocycles. The van der Waals surface area contributed by atoms with Crippen molar-refractivity contribution in [1.29, 1.82) is 0 Å². The lowest BCUT2D eigenvalue weighted by atomic mass is 9.98. The van der Waals surface area contributed by atoms with Gasteiger partial charge >= 0.3 is 0 Å². The molecule has 3 nitrogen and oxygen atoms in total. The summed E-state index contributed by atoms with van der Waals surface area (Å²) in [5, 5.41) is 0. The van der Waals surface area contributed by atoms with E-state index in [2.05, 4.69) is 0 Å². The van der Waals surface area contributed by atoms with Gasteiger partial charge in [0.1, 0.15) is 0 Å². The number of ether oxygens (including phenoxy) is 1. The van der Waals surface area contributed by atoms with Gasteiger partial charge in [-0.2, -0.15) is 0 Å². The Balaban J connectivity index is 2.57. The third kappa shape index (κ3) is 1.85. The van der Waals surface area contributed by atoms with Crippen molar-refractivity contribution in [3.8, 4) is 0 Å². The summed E-state index contributed by atoms with van der Waals surface area (Å²) in [6.07, 6.45) is 2.67. The van der Waals surface area contributed by atoms with Crippen molar-refractivity contribution in [1.82, 2.24) is 0 Å². The molecular weight excluding hydrogens is 154 g/mol. The first-order valence-electron chi connectivity index (χ1n) is 4.25. The average Bonchev–Trinajstić information content (AvgIpc) is 2.53. The standard InChI is InChI=1S/C9H15NO2/c1-6(7(2)10)9(11)8-4-3-5-12-8/h4,6-7H,3,5,10H2,1-2H3. The monoisotopic (exact) mass is 169 g/mol. The van der Waals surface area contributed by atoms with Crippen LogP contribution in [0.15, 0.2) is 11.8 Å².